The normalized spacial score (nSPS) is 29.2. The number of hydrogen-bond acceptors (Lipinski definition) is 6. The molecule has 8 heteroatoms. The molecule has 0 saturated carbocycles. The van der Waals surface area contributed by atoms with Crippen molar-refractivity contribution >= 4 is 11.8 Å². The lowest BCUT2D eigenvalue weighted by atomic mass is 9.75. The van der Waals surface area contributed by atoms with Gasteiger partial charge in [0.1, 0.15) is 11.6 Å². The van der Waals surface area contributed by atoms with Gasteiger partial charge in [0.2, 0.25) is 18.2 Å². The SMILES string of the molecule is CC(C)C(=O)N1CCCC12C(=O)N([C@H](c1nnco1)[C@@H](C)O)C2C. The number of amides is 2. The Balaban J connectivity index is 1.91. The Morgan fingerprint density at radius 3 is 2.67 bits per heavy atom. The summed E-state index contributed by atoms with van der Waals surface area (Å²) in [5, 5.41) is 17.6. The zero-order chi connectivity index (χ0) is 17.6. The van der Waals surface area contributed by atoms with Gasteiger partial charge in [-0.25, -0.2) is 0 Å². The van der Waals surface area contributed by atoms with E-state index in [2.05, 4.69) is 10.2 Å². The first-order valence-electron chi connectivity index (χ1n) is 8.40. The number of carbonyl (C=O) groups excluding carboxylic acids is 2. The van der Waals surface area contributed by atoms with Crippen LogP contribution in [0.4, 0.5) is 0 Å². The minimum absolute atomic E-state index is 0.00117. The molecule has 1 spiro atoms. The molecule has 0 aromatic carbocycles. The van der Waals surface area contributed by atoms with E-state index in [-0.39, 0.29) is 29.7 Å². The number of rotatable bonds is 4. The van der Waals surface area contributed by atoms with Crippen molar-refractivity contribution in [2.45, 2.75) is 64.3 Å². The molecule has 132 valence electrons. The van der Waals surface area contributed by atoms with Crippen LogP contribution < -0.4 is 0 Å². The highest BCUT2D eigenvalue weighted by molar-refractivity contribution is 5.99. The van der Waals surface area contributed by atoms with Crippen molar-refractivity contribution in [3.63, 3.8) is 0 Å². The lowest BCUT2D eigenvalue weighted by Crippen LogP contribution is -2.79. The Labute approximate surface area is 140 Å². The van der Waals surface area contributed by atoms with E-state index < -0.39 is 17.7 Å². The second-order valence-electron chi connectivity index (χ2n) is 7.02. The second kappa shape index (κ2) is 5.84. The van der Waals surface area contributed by atoms with Gasteiger partial charge in [-0.05, 0) is 26.7 Å². The number of likely N-dealkylation sites (tertiary alicyclic amines) is 2. The van der Waals surface area contributed by atoms with Crippen molar-refractivity contribution < 1.29 is 19.1 Å². The molecule has 2 unspecified atom stereocenters. The van der Waals surface area contributed by atoms with Crippen LogP contribution >= 0.6 is 0 Å². The molecule has 1 aromatic rings. The smallest absolute Gasteiger partial charge is 0.251 e. The Kier molecular flexibility index (Phi) is 4.11. The number of aromatic nitrogens is 2. The third-order valence-electron chi connectivity index (χ3n) is 5.28. The van der Waals surface area contributed by atoms with Crippen LogP contribution in [0.25, 0.3) is 0 Å². The van der Waals surface area contributed by atoms with E-state index >= 15 is 0 Å². The molecule has 3 rings (SSSR count). The molecule has 8 nitrogen and oxygen atoms in total. The minimum atomic E-state index is -0.857. The molecule has 2 aliphatic heterocycles. The van der Waals surface area contributed by atoms with Gasteiger partial charge in [0, 0.05) is 12.5 Å². The van der Waals surface area contributed by atoms with Crippen molar-refractivity contribution in [2.24, 2.45) is 5.92 Å². The summed E-state index contributed by atoms with van der Waals surface area (Å²) < 4.78 is 5.22. The summed E-state index contributed by atoms with van der Waals surface area (Å²) in [6.45, 7) is 7.79. The highest BCUT2D eigenvalue weighted by atomic mass is 16.4. The molecule has 2 aliphatic rings. The number of hydrogen-bond donors (Lipinski definition) is 1. The van der Waals surface area contributed by atoms with Gasteiger partial charge in [-0.3, -0.25) is 9.59 Å². The standard InChI is InChI=1S/C16H24N4O4/c1-9(2)14(22)19-7-5-6-16(19)11(4)20(15(16)23)12(10(3)21)13-18-17-8-24-13/h8-12,21H,5-7H2,1-4H3/t10-,11?,12+,16?/m1/s1. The largest absolute Gasteiger partial charge is 0.426 e. The Bertz CT molecular complexity index is 630. The van der Waals surface area contributed by atoms with Gasteiger partial charge >= 0.3 is 0 Å². The van der Waals surface area contributed by atoms with E-state index in [9.17, 15) is 14.7 Å². The second-order valence-corrected chi connectivity index (χ2v) is 7.02. The molecule has 3 heterocycles. The van der Waals surface area contributed by atoms with Crippen molar-refractivity contribution in [2.75, 3.05) is 6.54 Å². The van der Waals surface area contributed by atoms with Crippen molar-refractivity contribution in [1.29, 1.82) is 0 Å². The van der Waals surface area contributed by atoms with Gasteiger partial charge in [-0.15, -0.1) is 10.2 Å². The molecular weight excluding hydrogens is 312 g/mol. The highest BCUT2D eigenvalue weighted by Crippen LogP contribution is 2.48. The van der Waals surface area contributed by atoms with E-state index in [1.54, 1.807) is 16.7 Å². The Morgan fingerprint density at radius 1 is 1.46 bits per heavy atom. The molecule has 2 fully saturated rings. The summed E-state index contributed by atoms with van der Waals surface area (Å²) in [4.78, 5) is 29.0. The van der Waals surface area contributed by atoms with Crippen LogP contribution in [0.2, 0.25) is 0 Å². The van der Waals surface area contributed by atoms with E-state index in [0.29, 0.717) is 13.0 Å². The average Bonchev–Trinajstić information content (AvgIpc) is 3.20. The molecule has 4 atom stereocenters. The number of aliphatic hydroxyl groups is 1. The molecule has 2 saturated heterocycles. The van der Waals surface area contributed by atoms with E-state index in [1.165, 1.54) is 6.39 Å². The van der Waals surface area contributed by atoms with Gasteiger partial charge in [0.15, 0.2) is 0 Å². The van der Waals surface area contributed by atoms with E-state index in [4.69, 9.17) is 4.42 Å². The maximum absolute atomic E-state index is 13.1. The van der Waals surface area contributed by atoms with Gasteiger partial charge < -0.3 is 19.3 Å². The van der Waals surface area contributed by atoms with E-state index in [0.717, 1.165) is 6.42 Å². The molecular formula is C16H24N4O4. The summed E-state index contributed by atoms with van der Waals surface area (Å²) in [5.74, 6) is -0.0957. The van der Waals surface area contributed by atoms with E-state index in [1.807, 2.05) is 20.8 Å². The number of aliphatic hydroxyl groups excluding tert-OH is 1. The van der Waals surface area contributed by atoms with Gasteiger partial charge in [-0.1, -0.05) is 13.8 Å². The fourth-order valence-corrected chi connectivity index (χ4v) is 4.09. The first-order valence-corrected chi connectivity index (χ1v) is 8.40. The van der Waals surface area contributed by atoms with Crippen molar-refractivity contribution in [1.82, 2.24) is 20.0 Å². The van der Waals surface area contributed by atoms with Crippen LogP contribution in [0, 0.1) is 5.92 Å². The number of carbonyl (C=O) groups is 2. The quantitative estimate of drug-likeness (QED) is 0.814. The Morgan fingerprint density at radius 2 is 2.17 bits per heavy atom. The summed E-state index contributed by atoms with van der Waals surface area (Å²) in [5.41, 5.74) is -0.797. The molecule has 0 bridgehead atoms. The number of nitrogens with zero attached hydrogens (tertiary/aromatic N) is 4. The van der Waals surface area contributed by atoms with Gasteiger partial charge in [0.25, 0.3) is 5.91 Å². The fraction of sp³-hybridized carbons (Fsp3) is 0.750. The van der Waals surface area contributed by atoms with Crippen LogP contribution in [0.3, 0.4) is 0 Å². The molecule has 24 heavy (non-hydrogen) atoms. The zero-order valence-electron chi connectivity index (χ0n) is 14.5. The predicted molar refractivity (Wildman–Crippen MR) is 83.5 cm³/mol. The first kappa shape index (κ1) is 16.9. The predicted octanol–water partition coefficient (Wildman–Crippen LogP) is 0.739. The first-order chi connectivity index (χ1) is 11.3. The molecule has 0 aliphatic carbocycles. The molecule has 0 radical (unpaired) electrons. The third kappa shape index (κ3) is 2.16. The maximum Gasteiger partial charge on any atom is 0.251 e. The van der Waals surface area contributed by atoms with Crippen LogP contribution in [0.5, 0.6) is 0 Å². The minimum Gasteiger partial charge on any atom is -0.426 e. The maximum atomic E-state index is 13.1. The van der Waals surface area contributed by atoms with Gasteiger partial charge in [-0.2, -0.15) is 0 Å². The van der Waals surface area contributed by atoms with Crippen LogP contribution in [0.15, 0.2) is 10.8 Å². The fourth-order valence-electron chi connectivity index (χ4n) is 4.09. The molecule has 2 amide bonds. The van der Waals surface area contributed by atoms with Crippen LogP contribution in [0.1, 0.15) is 52.5 Å². The summed E-state index contributed by atoms with van der Waals surface area (Å²) in [6.07, 6.45) is 1.78. The summed E-state index contributed by atoms with van der Waals surface area (Å²) >= 11 is 0. The third-order valence-corrected chi connectivity index (χ3v) is 5.28. The molecule has 1 N–H and O–H groups in total. The van der Waals surface area contributed by atoms with Crippen LogP contribution in [-0.4, -0.2) is 61.1 Å². The number of β-lactam (4-membered cyclic amide) rings is 1. The topological polar surface area (TPSA) is 99.8 Å². The Hall–Kier alpha value is -1.96. The van der Waals surface area contributed by atoms with Crippen molar-refractivity contribution in [3.8, 4) is 0 Å². The summed E-state index contributed by atoms with van der Waals surface area (Å²) in [6, 6.07) is -0.918. The van der Waals surface area contributed by atoms with Gasteiger partial charge in [0.05, 0.1) is 12.1 Å². The summed E-state index contributed by atoms with van der Waals surface area (Å²) in [7, 11) is 0. The monoisotopic (exact) mass is 336 g/mol. The zero-order valence-corrected chi connectivity index (χ0v) is 14.5. The lowest BCUT2D eigenvalue weighted by Gasteiger charge is -2.59. The average molecular weight is 336 g/mol. The van der Waals surface area contributed by atoms with Crippen LogP contribution in [-0.2, 0) is 9.59 Å². The highest BCUT2D eigenvalue weighted by Gasteiger charge is 2.67. The van der Waals surface area contributed by atoms with Crippen molar-refractivity contribution in [3.05, 3.63) is 12.3 Å². The molecule has 1 aromatic heterocycles. The lowest BCUT2D eigenvalue weighted by molar-refractivity contribution is -0.188.